The second-order valence-corrected chi connectivity index (χ2v) is 7.34. The molecule has 0 bridgehead atoms. The van der Waals surface area contributed by atoms with Crippen LogP contribution in [0.15, 0.2) is 48.5 Å². The number of benzene rings is 2. The Morgan fingerprint density at radius 3 is 2.62 bits per heavy atom. The van der Waals surface area contributed by atoms with Crippen molar-refractivity contribution in [3.8, 4) is 0 Å². The molecular formula is C21H22F2N4O2. The third-order valence-corrected chi connectivity index (χ3v) is 5.58. The van der Waals surface area contributed by atoms with E-state index in [-0.39, 0.29) is 11.6 Å². The largest absolute Gasteiger partial charge is 0.323 e. The molecule has 2 aliphatic heterocycles. The second kappa shape index (κ2) is 7.88. The van der Waals surface area contributed by atoms with Crippen LogP contribution in [0.5, 0.6) is 0 Å². The second-order valence-electron chi connectivity index (χ2n) is 7.34. The first-order chi connectivity index (χ1) is 14.0. The lowest BCUT2D eigenvalue weighted by Gasteiger charge is -2.37. The van der Waals surface area contributed by atoms with Crippen molar-refractivity contribution in [3.05, 3.63) is 60.2 Å². The lowest BCUT2D eigenvalue weighted by molar-refractivity contribution is -0.126. The van der Waals surface area contributed by atoms with E-state index < -0.39 is 35.4 Å². The van der Waals surface area contributed by atoms with E-state index in [0.717, 1.165) is 12.1 Å². The molecule has 2 N–H and O–H groups in total. The summed E-state index contributed by atoms with van der Waals surface area (Å²) in [4.78, 5) is 28.1. The van der Waals surface area contributed by atoms with Crippen LogP contribution in [0.2, 0.25) is 0 Å². The number of anilines is 2. The average molecular weight is 400 g/mol. The molecule has 2 amide bonds. The smallest absolute Gasteiger partial charge is 0.247 e. The molecule has 3 atom stereocenters. The van der Waals surface area contributed by atoms with Crippen molar-refractivity contribution in [1.29, 1.82) is 0 Å². The number of carbonyl (C=O) groups excluding carboxylic acids is 2. The fourth-order valence-corrected chi connectivity index (χ4v) is 4.03. The molecule has 8 heteroatoms. The van der Waals surface area contributed by atoms with E-state index in [2.05, 4.69) is 10.7 Å². The van der Waals surface area contributed by atoms with Crippen molar-refractivity contribution in [3.63, 3.8) is 0 Å². The van der Waals surface area contributed by atoms with E-state index in [9.17, 15) is 18.4 Å². The molecule has 0 radical (unpaired) electrons. The zero-order chi connectivity index (χ0) is 20.5. The minimum Gasteiger partial charge on any atom is -0.323 e. The summed E-state index contributed by atoms with van der Waals surface area (Å²) >= 11 is 0. The van der Waals surface area contributed by atoms with Gasteiger partial charge in [0.25, 0.3) is 0 Å². The number of hydrazine groups is 1. The van der Waals surface area contributed by atoms with Crippen LogP contribution in [-0.2, 0) is 9.59 Å². The van der Waals surface area contributed by atoms with Crippen LogP contribution in [0.1, 0.15) is 6.92 Å². The van der Waals surface area contributed by atoms with Gasteiger partial charge in [-0.05, 0) is 30.8 Å². The fourth-order valence-electron chi connectivity index (χ4n) is 4.03. The summed E-state index contributed by atoms with van der Waals surface area (Å²) in [7, 11) is 0. The van der Waals surface area contributed by atoms with Crippen molar-refractivity contribution >= 4 is 23.2 Å². The number of likely N-dealkylation sites (tertiary alicyclic amines) is 1. The maximum Gasteiger partial charge on any atom is 0.247 e. The van der Waals surface area contributed by atoms with E-state index >= 15 is 0 Å². The molecule has 0 aromatic heterocycles. The van der Waals surface area contributed by atoms with Gasteiger partial charge in [-0.1, -0.05) is 25.1 Å². The van der Waals surface area contributed by atoms with Gasteiger partial charge in [-0.25, -0.2) is 19.2 Å². The lowest BCUT2D eigenvalue weighted by Crippen LogP contribution is -2.55. The number of nitrogens with one attached hydrogen (secondary N) is 2. The molecule has 152 valence electrons. The Morgan fingerprint density at radius 2 is 1.93 bits per heavy atom. The SMILES string of the molecule is CCN1CC(C(=O)Nc2ccc(F)cc2F)C2NN(c3ccccc3)C(=O)C2C1. The molecule has 2 saturated heterocycles. The third-order valence-electron chi connectivity index (χ3n) is 5.58. The molecule has 2 aromatic rings. The Kier molecular flexibility index (Phi) is 5.29. The molecule has 2 aromatic carbocycles. The number of fused-ring (bicyclic) bond motifs is 1. The standard InChI is InChI=1S/C21H22F2N4O2/c1-2-26-11-15(20(28)24-18-9-8-13(22)10-17(18)23)19-16(12-26)21(29)27(25-19)14-6-4-3-5-7-14/h3-10,15-16,19,25H,2,11-12H2,1H3,(H,24,28). The molecule has 2 heterocycles. The first kappa shape index (κ1) is 19.5. The first-order valence-electron chi connectivity index (χ1n) is 9.61. The molecule has 2 aliphatic rings. The zero-order valence-electron chi connectivity index (χ0n) is 15.9. The quantitative estimate of drug-likeness (QED) is 0.827. The number of amides is 2. The van der Waals surface area contributed by atoms with E-state index in [4.69, 9.17) is 0 Å². The molecule has 4 rings (SSSR count). The van der Waals surface area contributed by atoms with Gasteiger partial charge in [0, 0.05) is 19.2 Å². The van der Waals surface area contributed by atoms with Gasteiger partial charge in [0.05, 0.1) is 29.3 Å². The summed E-state index contributed by atoms with van der Waals surface area (Å²) in [6.45, 7) is 3.65. The van der Waals surface area contributed by atoms with E-state index in [0.29, 0.717) is 25.3 Å². The van der Waals surface area contributed by atoms with E-state index in [1.165, 1.54) is 11.1 Å². The molecule has 29 heavy (non-hydrogen) atoms. The Hall–Kier alpha value is -2.84. The van der Waals surface area contributed by atoms with Crippen LogP contribution >= 0.6 is 0 Å². The molecule has 0 spiro atoms. The number of piperidine rings is 1. The van der Waals surface area contributed by atoms with Crippen LogP contribution in [0.4, 0.5) is 20.2 Å². The van der Waals surface area contributed by atoms with Gasteiger partial charge in [0.15, 0.2) is 0 Å². The lowest BCUT2D eigenvalue weighted by atomic mass is 9.84. The van der Waals surface area contributed by atoms with Gasteiger partial charge in [-0.3, -0.25) is 9.59 Å². The van der Waals surface area contributed by atoms with Gasteiger partial charge in [0.1, 0.15) is 11.6 Å². The van der Waals surface area contributed by atoms with E-state index in [1.54, 1.807) is 0 Å². The molecular weight excluding hydrogens is 378 g/mol. The van der Waals surface area contributed by atoms with Crippen LogP contribution < -0.4 is 15.8 Å². The number of nitrogens with zero attached hydrogens (tertiary/aromatic N) is 2. The van der Waals surface area contributed by atoms with Crippen LogP contribution in [-0.4, -0.2) is 42.4 Å². The average Bonchev–Trinajstić information content (AvgIpc) is 3.06. The number of halogens is 2. The highest BCUT2D eigenvalue weighted by Crippen LogP contribution is 2.32. The molecule has 0 saturated carbocycles. The highest BCUT2D eigenvalue weighted by Gasteiger charge is 2.50. The van der Waals surface area contributed by atoms with Gasteiger partial charge < -0.3 is 10.2 Å². The van der Waals surface area contributed by atoms with Gasteiger partial charge in [-0.15, -0.1) is 0 Å². The van der Waals surface area contributed by atoms with Crippen molar-refractivity contribution in [2.24, 2.45) is 11.8 Å². The first-order valence-corrected chi connectivity index (χ1v) is 9.61. The fraction of sp³-hybridized carbons (Fsp3) is 0.333. The minimum atomic E-state index is -0.834. The van der Waals surface area contributed by atoms with E-state index in [1.807, 2.05) is 42.2 Å². The molecule has 3 unspecified atom stereocenters. The maximum atomic E-state index is 14.0. The normalized spacial score (nSPS) is 24.4. The van der Waals surface area contributed by atoms with Crippen molar-refractivity contribution in [1.82, 2.24) is 10.3 Å². The minimum absolute atomic E-state index is 0.0780. The molecule has 6 nitrogen and oxygen atoms in total. The predicted octanol–water partition coefficient (Wildman–Crippen LogP) is 2.39. The van der Waals surface area contributed by atoms with Crippen LogP contribution in [0, 0.1) is 23.5 Å². The Balaban J connectivity index is 1.58. The number of para-hydroxylation sites is 1. The number of carbonyl (C=O) groups is 2. The Labute approximate surface area is 167 Å². The van der Waals surface area contributed by atoms with Crippen molar-refractivity contribution in [2.45, 2.75) is 13.0 Å². The monoisotopic (exact) mass is 400 g/mol. The Bertz CT molecular complexity index is 924. The van der Waals surface area contributed by atoms with Crippen LogP contribution in [0.3, 0.4) is 0 Å². The third kappa shape index (κ3) is 3.73. The molecule has 0 aliphatic carbocycles. The number of hydrogen-bond donors (Lipinski definition) is 2. The van der Waals surface area contributed by atoms with Gasteiger partial charge in [-0.2, -0.15) is 0 Å². The summed E-state index contributed by atoms with van der Waals surface area (Å²) in [5.41, 5.74) is 3.82. The summed E-state index contributed by atoms with van der Waals surface area (Å²) in [5.74, 6) is -3.01. The summed E-state index contributed by atoms with van der Waals surface area (Å²) in [6.07, 6.45) is 0. The van der Waals surface area contributed by atoms with Crippen LogP contribution in [0.25, 0.3) is 0 Å². The zero-order valence-corrected chi connectivity index (χ0v) is 15.9. The van der Waals surface area contributed by atoms with Crippen molar-refractivity contribution < 1.29 is 18.4 Å². The van der Waals surface area contributed by atoms with Gasteiger partial charge >= 0.3 is 0 Å². The molecule has 2 fully saturated rings. The predicted molar refractivity (Wildman–Crippen MR) is 105 cm³/mol. The number of rotatable bonds is 4. The number of hydrogen-bond acceptors (Lipinski definition) is 4. The summed E-state index contributed by atoms with van der Waals surface area (Å²) in [5, 5.41) is 4.05. The summed E-state index contributed by atoms with van der Waals surface area (Å²) < 4.78 is 27.1. The highest BCUT2D eigenvalue weighted by atomic mass is 19.1. The highest BCUT2D eigenvalue weighted by molar-refractivity contribution is 6.00. The summed E-state index contributed by atoms with van der Waals surface area (Å²) in [6, 6.07) is 11.8. The Morgan fingerprint density at radius 1 is 1.17 bits per heavy atom. The maximum absolute atomic E-state index is 14.0. The topological polar surface area (TPSA) is 64.7 Å². The van der Waals surface area contributed by atoms with Crippen molar-refractivity contribution in [2.75, 3.05) is 30.0 Å². The van der Waals surface area contributed by atoms with Gasteiger partial charge in [0.2, 0.25) is 11.8 Å².